The SMILES string of the molecule is O=C(Nc1ccccc1F)N(CCc1ccccc1)Cc1ccncc1. The lowest BCUT2D eigenvalue weighted by Crippen LogP contribution is -2.36. The maximum atomic E-state index is 13.8. The molecule has 0 saturated heterocycles. The standard InChI is InChI=1S/C21H20FN3O/c22-19-8-4-5-9-20(19)24-21(26)25(16-18-10-13-23-14-11-18)15-12-17-6-2-1-3-7-17/h1-11,13-14H,12,15-16H2,(H,24,26). The number of carbonyl (C=O) groups excluding carboxylic acids is 1. The normalized spacial score (nSPS) is 10.3. The Kier molecular flexibility index (Phi) is 5.93. The van der Waals surface area contributed by atoms with Crippen LogP contribution < -0.4 is 5.32 Å². The van der Waals surface area contributed by atoms with Crippen LogP contribution in [0.3, 0.4) is 0 Å². The zero-order valence-electron chi connectivity index (χ0n) is 14.3. The fourth-order valence-corrected chi connectivity index (χ4v) is 2.63. The van der Waals surface area contributed by atoms with Crippen LogP contribution in [0.25, 0.3) is 0 Å². The number of carbonyl (C=O) groups is 1. The van der Waals surface area contributed by atoms with Crippen molar-refractivity contribution in [3.63, 3.8) is 0 Å². The minimum absolute atomic E-state index is 0.178. The number of aromatic nitrogens is 1. The van der Waals surface area contributed by atoms with E-state index in [9.17, 15) is 9.18 Å². The summed E-state index contributed by atoms with van der Waals surface area (Å²) in [4.78, 5) is 18.4. The van der Waals surface area contributed by atoms with Crippen molar-refractivity contribution in [1.82, 2.24) is 9.88 Å². The Bertz CT molecular complexity index is 840. The quantitative estimate of drug-likeness (QED) is 0.712. The second kappa shape index (κ2) is 8.76. The first-order valence-corrected chi connectivity index (χ1v) is 8.45. The Labute approximate surface area is 152 Å². The molecule has 0 unspecified atom stereocenters. The van der Waals surface area contributed by atoms with Gasteiger partial charge in [-0.05, 0) is 41.8 Å². The molecule has 0 radical (unpaired) electrons. The summed E-state index contributed by atoms with van der Waals surface area (Å²) in [6, 6.07) is 19.5. The summed E-state index contributed by atoms with van der Waals surface area (Å²) in [6.07, 6.45) is 4.11. The molecule has 26 heavy (non-hydrogen) atoms. The van der Waals surface area contributed by atoms with Crippen LogP contribution in [0.1, 0.15) is 11.1 Å². The molecule has 3 aromatic rings. The summed E-state index contributed by atoms with van der Waals surface area (Å²) in [7, 11) is 0. The van der Waals surface area contributed by atoms with Gasteiger partial charge in [-0.25, -0.2) is 9.18 Å². The molecule has 0 aliphatic heterocycles. The summed E-state index contributed by atoms with van der Waals surface area (Å²) < 4.78 is 13.8. The third kappa shape index (κ3) is 4.89. The average Bonchev–Trinajstić information content (AvgIpc) is 2.68. The van der Waals surface area contributed by atoms with Gasteiger partial charge < -0.3 is 10.2 Å². The number of amides is 2. The molecule has 1 N–H and O–H groups in total. The number of nitrogens with zero attached hydrogens (tertiary/aromatic N) is 2. The van der Waals surface area contributed by atoms with Crippen LogP contribution in [0.4, 0.5) is 14.9 Å². The first-order chi connectivity index (χ1) is 12.7. The number of para-hydroxylation sites is 1. The van der Waals surface area contributed by atoms with Gasteiger partial charge in [-0.3, -0.25) is 4.98 Å². The lowest BCUT2D eigenvalue weighted by molar-refractivity contribution is 0.209. The second-order valence-electron chi connectivity index (χ2n) is 5.92. The van der Waals surface area contributed by atoms with Gasteiger partial charge >= 0.3 is 6.03 Å². The highest BCUT2D eigenvalue weighted by atomic mass is 19.1. The molecule has 5 heteroatoms. The van der Waals surface area contributed by atoms with E-state index in [-0.39, 0.29) is 11.7 Å². The Morgan fingerprint density at radius 3 is 2.35 bits per heavy atom. The fourth-order valence-electron chi connectivity index (χ4n) is 2.63. The summed E-state index contributed by atoms with van der Waals surface area (Å²) >= 11 is 0. The lowest BCUT2D eigenvalue weighted by atomic mass is 10.1. The second-order valence-corrected chi connectivity index (χ2v) is 5.92. The first kappa shape index (κ1) is 17.6. The monoisotopic (exact) mass is 349 g/mol. The van der Waals surface area contributed by atoms with Gasteiger partial charge in [0.1, 0.15) is 5.82 Å². The van der Waals surface area contributed by atoms with Crippen molar-refractivity contribution >= 4 is 11.7 Å². The van der Waals surface area contributed by atoms with E-state index in [2.05, 4.69) is 10.3 Å². The van der Waals surface area contributed by atoms with Crippen molar-refractivity contribution in [1.29, 1.82) is 0 Å². The molecule has 0 aliphatic rings. The van der Waals surface area contributed by atoms with Crippen LogP contribution in [-0.4, -0.2) is 22.5 Å². The topological polar surface area (TPSA) is 45.2 Å². The van der Waals surface area contributed by atoms with Crippen molar-refractivity contribution in [2.45, 2.75) is 13.0 Å². The number of halogens is 1. The molecule has 1 heterocycles. The largest absolute Gasteiger partial charge is 0.322 e. The number of rotatable bonds is 6. The zero-order chi connectivity index (χ0) is 18.2. The number of benzene rings is 2. The van der Waals surface area contributed by atoms with Gasteiger partial charge in [0.05, 0.1) is 5.69 Å². The van der Waals surface area contributed by atoms with Crippen LogP contribution in [0.5, 0.6) is 0 Å². The molecule has 0 bridgehead atoms. The van der Waals surface area contributed by atoms with Gasteiger partial charge in [-0.15, -0.1) is 0 Å². The highest BCUT2D eigenvalue weighted by Crippen LogP contribution is 2.15. The molecular weight excluding hydrogens is 329 g/mol. The van der Waals surface area contributed by atoms with Gasteiger partial charge in [0.25, 0.3) is 0 Å². The molecule has 0 fully saturated rings. The summed E-state index contributed by atoms with van der Waals surface area (Å²) in [5, 5.41) is 2.66. The summed E-state index contributed by atoms with van der Waals surface area (Å²) in [6.45, 7) is 0.947. The van der Waals surface area contributed by atoms with E-state index in [1.165, 1.54) is 6.07 Å². The molecule has 132 valence electrons. The van der Waals surface area contributed by atoms with E-state index >= 15 is 0 Å². The molecule has 3 rings (SSSR count). The van der Waals surface area contributed by atoms with Crippen LogP contribution in [0.2, 0.25) is 0 Å². The number of pyridine rings is 1. The first-order valence-electron chi connectivity index (χ1n) is 8.45. The molecule has 2 aromatic carbocycles. The van der Waals surface area contributed by atoms with Gasteiger partial charge in [-0.2, -0.15) is 0 Å². The third-order valence-corrected chi connectivity index (χ3v) is 4.04. The molecule has 2 amide bonds. The van der Waals surface area contributed by atoms with E-state index < -0.39 is 5.82 Å². The Morgan fingerprint density at radius 2 is 1.62 bits per heavy atom. The van der Waals surface area contributed by atoms with Crippen LogP contribution in [0, 0.1) is 5.82 Å². The molecule has 0 atom stereocenters. The summed E-state index contributed by atoms with van der Waals surface area (Å²) in [5.74, 6) is -0.451. The Balaban J connectivity index is 1.73. The smallest absolute Gasteiger partial charge is 0.320 e. The van der Waals surface area contributed by atoms with Gasteiger partial charge in [-0.1, -0.05) is 42.5 Å². The molecule has 1 aromatic heterocycles. The van der Waals surface area contributed by atoms with E-state index in [1.807, 2.05) is 42.5 Å². The lowest BCUT2D eigenvalue weighted by Gasteiger charge is -2.23. The maximum Gasteiger partial charge on any atom is 0.322 e. The summed E-state index contributed by atoms with van der Waals surface area (Å²) in [5.41, 5.74) is 2.29. The van der Waals surface area contributed by atoms with E-state index in [1.54, 1.807) is 35.5 Å². The minimum atomic E-state index is -0.451. The molecule has 0 saturated carbocycles. The molecule has 4 nitrogen and oxygen atoms in total. The van der Waals surface area contributed by atoms with Crippen molar-refractivity contribution in [3.8, 4) is 0 Å². The van der Waals surface area contributed by atoms with E-state index in [0.29, 0.717) is 13.1 Å². The van der Waals surface area contributed by atoms with Crippen molar-refractivity contribution in [2.24, 2.45) is 0 Å². The van der Waals surface area contributed by atoms with Crippen LogP contribution >= 0.6 is 0 Å². The molecular formula is C21H20FN3O. The fraction of sp³-hybridized carbons (Fsp3) is 0.143. The minimum Gasteiger partial charge on any atom is -0.320 e. The van der Waals surface area contributed by atoms with Gasteiger partial charge in [0.2, 0.25) is 0 Å². The average molecular weight is 349 g/mol. The van der Waals surface area contributed by atoms with Crippen molar-refractivity contribution in [2.75, 3.05) is 11.9 Å². The number of urea groups is 1. The molecule has 0 aliphatic carbocycles. The predicted molar refractivity (Wildman–Crippen MR) is 100 cm³/mol. The van der Waals surface area contributed by atoms with Gasteiger partial charge in [0, 0.05) is 25.5 Å². The third-order valence-electron chi connectivity index (χ3n) is 4.04. The van der Waals surface area contributed by atoms with Crippen LogP contribution in [-0.2, 0) is 13.0 Å². The van der Waals surface area contributed by atoms with Gasteiger partial charge in [0.15, 0.2) is 0 Å². The van der Waals surface area contributed by atoms with E-state index in [0.717, 1.165) is 17.5 Å². The molecule has 0 spiro atoms. The highest BCUT2D eigenvalue weighted by Gasteiger charge is 2.15. The maximum absolute atomic E-state index is 13.8. The number of nitrogens with one attached hydrogen (secondary N) is 1. The number of hydrogen-bond donors (Lipinski definition) is 1. The Morgan fingerprint density at radius 1 is 0.923 bits per heavy atom. The number of anilines is 1. The van der Waals surface area contributed by atoms with Crippen molar-refractivity contribution < 1.29 is 9.18 Å². The zero-order valence-corrected chi connectivity index (χ0v) is 14.3. The number of hydrogen-bond acceptors (Lipinski definition) is 2. The van der Waals surface area contributed by atoms with Crippen molar-refractivity contribution in [3.05, 3.63) is 96.1 Å². The van der Waals surface area contributed by atoms with E-state index in [4.69, 9.17) is 0 Å². The predicted octanol–water partition coefficient (Wildman–Crippen LogP) is 4.50. The highest BCUT2D eigenvalue weighted by molar-refractivity contribution is 5.89. The Hall–Kier alpha value is -3.21. The van der Waals surface area contributed by atoms with Crippen LogP contribution in [0.15, 0.2) is 79.1 Å².